The van der Waals surface area contributed by atoms with Crippen LogP contribution in [0.3, 0.4) is 0 Å². The first-order valence-electron chi connectivity index (χ1n) is 5.79. The van der Waals surface area contributed by atoms with E-state index in [0.717, 1.165) is 24.9 Å². The van der Waals surface area contributed by atoms with Crippen molar-refractivity contribution in [2.24, 2.45) is 5.92 Å². The quantitative estimate of drug-likeness (QED) is 0.831. The minimum atomic E-state index is -0.206. The molecule has 0 saturated carbocycles. The lowest BCUT2D eigenvalue weighted by Gasteiger charge is -2.38. The molecule has 0 bridgehead atoms. The minimum absolute atomic E-state index is 0.201. The predicted molar refractivity (Wildman–Crippen MR) is 61.6 cm³/mol. The van der Waals surface area contributed by atoms with E-state index in [-0.39, 0.29) is 24.4 Å². The van der Waals surface area contributed by atoms with Crippen molar-refractivity contribution in [2.75, 3.05) is 20.2 Å². The van der Waals surface area contributed by atoms with E-state index >= 15 is 0 Å². The maximum atomic E-state index is 12.9. The monoisotopic (exact) mass is 223 g/mol. The van der Waals surface area contributed by atoms with Gasteiger partial charge >= 0.3 is 0 Å². The maximum Gasteiger partial charge on any atom is 0.123 e. The van der Waals surface area contributed by atoms with Gasteiger partial charge in [-0.1, -0.05) is 12.1 Å². The van der Waals surface area contributed by atoms with E-state index in [1.165, 1.54) is 12.1 Å². The van der Waals surface area contributed by atoms with Crippen LogP contribution < -0.4 is 0 Å². The fourth-order valence-corrected chi connectivity index (χ4v) is 2.64. The topological polar surface area (TPSA) is 23.5 Å². The van der Waals surface area contributed by atoms with Crippen molar-refractivity contribution in [3.05, 3.63) is 35.6 Å². The van der Waals surface area contributed by atoms with Gasteiger partial charge in [-0.25, -0.2) is 4.39 Å². The van der Waals surface area contributed by atoms with Gasteiger partial charge in [0.15, 0.2) is 0 Å². The number of halogens is 1. The Labute approximate surface area is 95.7 Å². The summed E-state index contributed by atoms with van der Waals surface area (Å²) in [4.78, 5) is 2.25. The minimum Gasteiger partial charge on any atom is -0.396 e. The van der Waals surface area contributed by atoms with Crippen molar-refractivity contribution < 1.29 is 9.50 Å². The molecule has 0 unspecified atom stereocenters. The molecular formula is C13H18FNO. The van der Waals surface area contributed by atoms with Crippen LogP contribution >= 0.6 is 0 Å². The summed E-state index contributed by atoms with van der Waals surface area (Å²) in [5.41, 5.74) is 1.10. The van der Waals surface area contributed by atoms with Gasteiger partial charge in [-0.2, -0.15) is 0 Å². The van der Waals surface area contributed by atoms with Gasteiger partial charge in [0.05, 0.1) is 0 Å². The van der Waals surface area contributed by atoms with Gasteiger partial charge in [0.25, 0.3) is 0 Å². The zero-order valence-corrected chi connectivity index (χ0v) is 9.56. The summed E-state index contributed by atoms with van der Waals surface area (Å²) in [5, 5.41) is 9.39. The van der Waals surface area contributed by atoms with Crippen LogP contribution in [-0.4, -0.2) is 30.2 Å². The zero-order valence-electron chi connectivity index (χ0n) is 9.56. The molecule has 88 valence electrons. The first-order valence-corrected chi connectivity index (χ1v) is 5.79. The summed E-state index contributed by atoms with van der Waals surface area (Å²) < 4.78 is 12.9. The number of aliphatic hydroxyl groups excluding tert-OH is 1. The second-order valence-corrected chi connectivity index (χ2v) is 4.56. The number of benzene rings is 1. The third kappa shape index (κ3) is 2.25. The molecule has 3 heteroatoms. The van der Waals surface area contributed by atoms with Crippen LogP contribution in [0, 0.1) is 11.7 Å². The van der Waals surface area contributed by atoms with Crippen molar-refractivity contribution in [1.82, 2.24) is 4.90 Å². The van der Waals surface area contributed by atoms with Gasteiger partial charge < -0.3 is 5.11 Å². The van der Waals surface area contributed by atoms with E-state index in [2.05, 4.69) is 11.9 Å². The second kappa shape index (κ2) is 4.93. The molecule has 0 aliphatic carbocycles. The van der Waals surface area contributed by atoms with Gasteiger partial charge in [-0.05, 0) is 44.1 Å². The van der Waals surface area contributed by atoms with Crippen LogP contribution in [0.2, 0.25) is 0 Å². The van der Waals surface area contributed by atoms with Crippen LogP contribution in [0.5, 0.6) is 0 Å². The average Bonchev–Trinajstić information content (AvgIpc) is 2.30. The first kappa shape index (κ1) is 11.6. The molecule has 1 N–H and O–H groups in total. The Kier molecular flexibility index (Phi) is 3.56. The van der Waals surface area contributed by atoms with Gasteiger partial charge in [0.1, 0.15) is 5.82 Å². The summed E-state index contributed by atoms with van der Waals surface area (Å²) in [5.74, 6) is 0.0620. The summed E-state index contributed by atoms with van der Waals surface area (Å²) in [6, 6.07) is 6.85. The van der Waals surface area contributed by atoms with Crippen LogP contribution in [0.1, 0.15) is 24.4 Å². The lowest BCUT2D eigenvalue weighted by Crippen LogP contribution is -2.37. The fraction of sp³-hybridized carbons (Fsp3) is 0.538. The van der Waals surface area contributed by atoms with E-state index in [4.69, 9.17) is 0 Å². The lowest BCUT2D eigenvalue weighted by atomic mass is 9.85. The standard InChI is InChI=1S/C13H18FNO/c1-15-8-2-3-11(9-16)13(15)10-4-6-12(14)7-5-10/h4-7,11,13,16H,2-3,8-9H2,1H3/t11-,13-/m1/s1. The van der Waals surface area contributed by atoms with E-state index in [9.17, 15) is 9.50 Å². The van der Waals surface area contributed by atoms with E-state index in [0.29, 0.717) is 0 Å². The Balaban J connectivity index is 2.24. The van der Waals surface area contributed by atoms with E-state index in [1.54, 1.807) is 0 Å². The van der Waals surface area contributed by atoms with Crippen molar-refractivity contribution in [2.45, 2.75) is 18.9 Å². The van der Waals surface area contributed by atoms with Crippen molar-refractivity contribution >= 4 is 0 Å². The Morgan fingerprint density at radius 2 is 2.06 bits per heavy atom. The normalized spacial score (nSPS) is 26.9. The molecule has 0 radical (unpaired) electrons. The van der Waals surface area contributed by atoms with Crippen molar-refractivity contribution in [1.29, 1.82) is 0 Å². The SMILES string of the molecule is CN1CCC[C@H](CO)[C@H]1c1ccc(F)cc1. The van der Waals surface area contributed by atoms with Crippen LogP contribution in [0.25, 0.3) is 0 Å². The third-order valence-corrected chi connectivity index (χ3v) is 3.45. The number of hydrogen-bond donors (Lipinski definition) is 1. The number of likely N-dealkylation sites (tertiary alicyclic amines) is 1. The summed E-state index contributed by atoms with van der Waals surface area (Å²) in [6.45, 7) is 1.24. The summed E-state index contributed by atoms with van der Waals surface area (Å²) in [6.07, 6.45) is 2.17. The lowest BCUT2D eigenvalue weighted by molar-refractivity contribution is 0.0742. The molecule has 1 aromatic carbocycles. The molecule has 0 spiro atoms. The number of rotatable bonds is 2. The van der Waals surface area contributed by atoms with Crippen molar-refractivity contribution in [3.8, 4) is 0 Å². The third-order valence-electron chi connectivity index (χ3n) is 3.45. The summed E-state index contributed by atoms with van der Waals surface area (Å²) >= 11 is 0. The molecule has 0 aromatic heterocycles. The Morgan fingerprint density at radius 3 is 2.69 bits per heavy atom. The smallest absolute Gasteiger partial charge is 0.123 e. The average molecular weight is 223 g/mol. The highest BCUT2D eigenvalue weighted by atomic mass is 19.1. The molecule has 1 fully saturated rings. The highest BCUT2D eigenvalue weighted by molar-refractivity contribution is 5.21. The molecular weight excluding hydrogens is 205 g/mol. The van der Waals surface area contributed by atoms with Crippen LogP contribution in [0.4, 0.5) is 4.39 Å². The van der Waals surface area contributed by atoms with Gasteiger partial charge in [-0.3, -0.25) is 4.90 Å². The van der Waals surface area contributed by atoms with Gasteiger partial charge in [-0.15, -0.1) is 0 Å². The Hall–Kier alpha value is -0.930. The fourth-order valence-electron chi connectivity index (χ4n) is 2.64. The van der Waals surface area contributed by atoms with Crippen LogP contribution in [0.15, 0.2) is 24.3 Å². The summed E-state index contributed by atoms with van der Waals surface area (Å²) in [7, 11) is 2.07. The van der Waals surface area contributed by atoms with Crippen LogP contribution in [-0.2, 0) is 0 Å². The largest absolute Gasteiger partial charge is 0.396 e. The molecule has 1 aliphatic rings. The molecule has 16 heavy (non-hydrogen) atoms. The molecule has 2 rings (SSSR count). The van der Waals surface area contributed by atoms with E-state index in [1.807, 2.05) is 12.1 Å². The zero-order chi connectivity index (χ0) is 11.5. The second-order valence-electron chi connectivity index (χ2n) is 4.56. The molecule has 1 aliphatic heterocycles. The van der Waals surface area contributed by atoms with Gasteiger partial charge in [0.2, 0.25) is 0 Å². The van der Waals surface area contributed by atoms with Crippen molar-refractivity contribution in [3.63, 3.8) is 0 Å². The first-order chi connectivity index (χ1) is 7.72. The Bertz CT molecular complexity index is 338. The number of aliphatic hydroxyl groups is 1. The highest BCUT2D eigenvalue weighted by Gasteiger charge is 2.29. The van der Waals surface area contributed by atoms with E-state index < -0.39 is 0 Å². The number of nitrogens with zero attached hydrogens (tertiary/aromatic N) is 1. The molecule has 2 nitrogen and oxygen atoms in total. The predicted octanol–water partition coefficient (Wildman–Crippen LogP) is 2.20. The van der Waals surface area contributed by atoms with Gasteiger partial charge in [0, 0.05) is 18.6 Å². The molecule has 1 heterocycles. The number of hydrogen-bond acceptors (Lipinski definition) is 2. The highest BCUT2D eigenvalue weighted by Crippen LogP contribution is 2.34. The number of piperidine rings is 1. The molecule has 1 aromatic rings. The molecule has 2 atom stereocenters. The Morgan fingerprint density at radius 1 is 1.38 bits per heavy atom. The molecule has 1 saturated heterocycles. The molecule has 0 amide bonds. The maximum absolute atomic E-state index is 12.9.